The van der Waals surface area contributed by atoms with Gasteiger partial charge < -0.3 is 15.4 Å². The third-order valence-electron chi connectivity index (χ3n) is 3.48. The minimum atomic E-state index is -0.234. The fourth-order valence-electron chi connectivity index (χ4n) is 1.96. The molecule has 0 aromatic carbocycles. The van der Waals surface area contributed by atoms with Crippen LogP contribution in [0.3, 0.4) is 0 Å². The number of carbonyl (C=O) groups excluding carboxylic acids is 1. The Balaban J connectivity index is 2.26. The molecule has 4 nitrogen and oxygen atoms in total. The van der Waals surface area contributed by atoms with Crippen LogP contribution in [0.4, 0.5) is 0 Å². The quantitative estimate of drug-likeness (QED) is 0.741. The molecule has 1 atom stereocenters. The molecule has 0 spiro atoms. The van der Waals surface area contributed by atoms with Crippen LogP contribution in [0.15, 0.2) is 0 Å². The van der Waals surface area contributed by atoms with Crippen LogP contribution in [0.5, 0.6) is 0 Å². The molecule has 0 aromatic heterocycles. The summed E-state index contributed by atoms with van der Waals surface area (Å²) in [6.45, 7) is 6.57. The van der Waals surface area contributed by atoms with Crippen molar-refractivity contribution in [3.63, 3.8) is 0 Å². The van der Waals surface area contributed by atoms with Crippen molar-refractivity contribution < 1.29 is 9.53 Å². The summed E-state index contributed by atoms with van der Waals surface area (Å²) in [5.41, 5.74) is -0.234. The lowest BCUT2D eigenvalue weighted by Gasteiger charge is -2.26. The van der Waals surface area contributed by atoms with Gasteiger partial charge in [0.05, 0.1) is 11.6 Å². The molecule has 2 N–H and O–H groups in total. The maximum atomic E-state index is 11.9. The van der Waals surface area contributed by atoms with Gasteiger partial charge in [-0.15, -0.1) is 0 Å². The standard InChI is InChI=1S/C13H26N2O2/c1-10(14-9-13(2,3)17-4)12(16)15-11-7-5-6-8-11/h10-11,14H,5-9H2,1-4H3,(H,15,16). The lowest BCUT2D eigenvalue weighted by Crippen LogP contribution is -2.49. The SMILES string of the molecule is COC(C)(C)CNC(C)C(=O)NC1CCCC1. The summed E-state index contributed by atoms with van der Waals surface area (Å²) in [5, 5.41) is 6.30. The van der Waals surface area contributed by atoms with Gasteiger partial charge >= 0.3 is 0 Å². The second kappa shape index (κ2) is 6.36. The Morgan fingerprint density at radius 2 is 2.00 bits per heavy atom. The molecule has 100 valence electrons. The van der Waals surface area contributed by atoms with E-state index in [0.717, 1.165) is 12.8 Å². The summed E-state index contributed by atoms with van der Waals surface area (Å²) in [4.78, 5) is 11.9. The molecule has 0 radical (unpaired) electrons. The van der Waals surface area contributed by atoms with Crippen LogP contribution >= 0.6 is 0 Å². The second-order valence-corrected chi connectivity index (χ2v) is 5.56. The lowest BCUT2D eigenvalue weighted by molar-refractivity contribution is -0.123. The Bertz CT molecular complexity index is 248. The smallest absolute Gasteiger partial charge is 0.237 e. The average molecular weight is 242 g/mol. The molecule has 1 saturated carbocycles. The minimum Gasteiger partial charge on any atom is -0.377 e. The normalized spacial score (nSPS) is 19.3. The van der Waals surface area contributed by atoms with Gasteiger partial charge in [0, 0.05) is 19.7 Å². The van der Waals surface area contributed by atoms with Crippen molar-refractivity contribution >= 4 is 5.91 Å². The van der Waals surface area contributed by atoms with Gasteiger partial charge in [0.15, 0.2) is 0 Å². The van der Waals surface area contributed by atoms with Gasteiger partial charge in [0.2, 0.25) is 5.91 Å². The molecule has 4 heteroatoms. The number of rotatable bonds is 6. The van der Waals surface area contributed by atoms with Crippen molar-refractivity contribution in [2.75, 3.05) is 13.7 Å². The molecule has 1 amide bonds. The van der Waals surface area contributed by atoms with E-state index in [-0.39, 0.29) is 17.6 Å². The number of ether oxygens (including phenoxy) is 1. The molecule has 1 aliphatic rings. The first-order valence-electron chi connectivity index (χ1n) is 6.53. The Labute approximate surface area is 104 Å². The average Bonchev–Trinajstić information content (AvgIpc) is 2.78. The van der Waals surface area contributed by atoms with E-state index in [4.69, 9.17) is 4.74 Å². The summed E-state index contributed by atoms with van der Waals surface area (Å²) in [7, 11) is 1.69. The molecule has 1 aliphatic carbocycles. The van der Waals surface area contributed by atoms with Crippen molar-refractivity contribution in [2.45, 2.75) is 64.1 Å². The van der Waals surface area contributed by atoms with Crippen LogP contribution in [-0.4, -0.2) is 37.2 Å². The lowest BCUT2D eigenvalue weighted by atomic mass is 10.1. The van der Waals surface area contributed by atoms with Crippen LogP contribution in [0.2, 0.25) is 0 Å². The highest BCUT2D eigenvalue weighted by Crippen LogP contribution is 2.17. The predicted molar refractivity (Wildman–Crippen MR) is 69.0 cm³/mol. The molecular formula is C13H26N2O2. The fourth-order valence-corrected chi connectivity index (χ4v) is 1.96. The van der Waals surface area contributed by atoms with Crippen LogP contribution in [-0.2, 0) is 9.53 Å². The van der Waals surface area contributed by atoms with Crippen LogP contribution < -0.4 is 10.6 Å². The highest BCUT2D eigenvalue weighted by atomic mass is 16.5. The molecule has 0 aromatic rings. The summed E-state index contributed by atoms with van der Waals surface area (Å²) < 4.78 is 5.31. The molecule has 1 unspecified atom stereocenters. The molecule has 0 saturated heterocycles. The maximum absolute atomic E-state index is 11.9. The number of methoxy groups -OCH3 is 1. The van der Waals surface area contributed by atoms with E-state index in [1.807, 2.05) is 20.8 Å². The zero-order valence-electron chi connectivity index (χ0n) is 11.5. The molecular weight excluding hydrogens is 216 g/mol. The topological polar surface area (TPSA) is 50.4 Å². The minimum absolute atomic E-state index is 0.101. The number of hydrogen-bond acceptors (Lipinski definition) is 3. The zero-order chi connectivity index (χ0) is 12.9. The van der Waals surface area contributed by atoms with Crippen molar-refractivity contribution in [3.05, 3.63) is 0 Å². The first-order chi connectivity index (χ1) is 7.94. The molecule has 17 heavy (non-hydrogen) atoms. The second-order valence-electron chi connectivity index (χ2n) is 5.56. The Morgan fingerprint density at radius 1 is 1.41 bits per heavy atom. The number of nitrogens with one attached hydrogen (secondary N) is 2. The number of amides is 1. The Hall–Kier alpha value is -0.610. The maximum Gasteiger partial charge on any atom is 0.237 e. The molecule has 0 heterocycles. The van der Waals surface area contributed by atoms with E-state index in [1.165, 1.54) is 12.8 Å². The monoisotopic (exact) mass is 242 g/mol. The van der Waals surface area contributed by atoms with Gasteiger partial charge in [0.1, 0.15) is 0 Å². The van der Waals surface area contributed by atoms with E-state index >= 15 is 0 Å². The van der Waals surface area contributed by atoms with E-state index in [1.54, 1.807) is 7.11 Å². The summed E-state index contributed by atoms with van der Waals surface area (Å²) in [5.74, 6) is 0.101. The molecule has 0 aliphatic heterocycles. The molecule has 1 fully saturated rings. The van der Waals surface area contributed by atoms with Crippen LogP contribution in [0, 0.1) is 0 Å². The molecule has 1 rings (SSSR count). The number of hydrogen-bond donors (Lipinski definition) is 2. The van der Waals surface area contributed by atoms with Crippen LogP contribution in [0.25, 0.3) is 0 Å². The fraction of sp³-hybridized carbons (Fsp3) is 0.923. The van der Waals surface area contributed by atoms with Crippen molar-refractivity contribution in [1.82, 2.24) is 10.6 Å². The summed E-state index contributed by atoms with van der Waals surface area (Å²) in [6, 6.07) is 0.229. The van der Waals surface area contributed by atoms with E-state index < -0.39 is 0 Å². The highest BCUT2D eigenvalue weighted by molar-refractivity contribution is 5.81. The van der Waals surface area contributed by atoms with Gasteiger partial charge in [0.25, 0.3) is 0 Å². The first-order valence-corrected chi connectivity index (χ1v) is 6.53. The van der Waals surface area contributed by atoms with E-state index in [0.29, 0.717) is 12.6 Å². The van der Waals surface area contributed by atoms with Gasteiger partial charge in [-0.3, -0.25) is 4.79 Å². The number of carbonyl (C=O) groups is 1. The van der Waals surface area contributed by atoms with Crippen molar-refractivity contribution in [1.29, 1.82) is 0 Å². The van der Waals surface area contributed by atoms with Crippen molar-refractivity contribution in [3.8, 4) is 0 Å². The first kappa shape index (κ1) is 14.5. The van der Waals surface area contributed by atoms with E-state index in [2.05, 4.69) is 10.6 Å². The van der Waals surface area contributed by atoms with Gasteiger partial charge in [-0.25, -0.2) is 0 Å². The van der Waals surface area contributed by atoms with Gasteiger partial charge in [-0.05, 0) is 33.6 Å². The summed E-state index contributed by atoms with van der Waals surface area (Å²) >= 11 is 0. The zero-order valence-corrected chi connectivity index (χ0v) is 11.5. The van der Waals surface area contributed by atoms with Crippen LogP contribution in [0.1, 0.15) is 46.5 Å². The van der Waals surface area contributed by atoms with Crippen molar-refractivity contribution in [2.24, 2.45) is 0 Å². The molecule has 0 bridgehead atoms. The van der Waals surface area contributed by atoms with E-state index in [9.17, 15) is 4.79 Å². The van der Waals surface area contributed by atoms with Gasteiger partial charge in [-0.1, -0.05) is 12.8 Å². The third kappa shape index (κ3) is 5.04. The van der Waals surface area contributed by atoms with Gasteiger partial charge in [-0.2, -0.15) is 0 Å². The highest BCUT2D eigenvalue weighted by Gasteiger charge is 2.22. The largest absolute Gasteiger partial charge is 0.377 e. The summed E-state index contributed by atoms with van der Waals surface area (Å²) in [6.07, 6.45) is 4.73. The Kier molecular flexibility index (Phi) is 5.40. The Morgan fingerprint density at radius 3 is 2.53 bits per heavy atom. The predicted octanol–water partition coefficient (Wildman–Crippen LogP) is 1.45. The third-order valence-corrected chi connectivity index (χ3v) is 3.48.